The fraction of sp³-hybridized carbons (Fsp3) is 0.762. The Morgan fingerprint density at radius 3 is 2.55 bits per heavy atom. The average molecular weight is 407 g/mol. The molecule has 0 saturated heterocycles. The normalized spacial score (nSPS) is 18.7. The number of nitrogens with one attached hydrogen (secondary N) is 1. The maximum Gasteiger partial charge on any atom is 0.410 e. The third kappa shape index (κ3) is 5.03. The summed E-state index contributed by atoms with van der Waals surface area (Å²) in [7, 11) is 1.46. The summed E-state index contributed by atoms with van der Waals surface area (Å²) in [4.78, 5) is 37.1. The van der Waals surface area contributed by atoms with Gasteiger partial charge in [0.2, 0.25) is 5.95 Å². The minimum Gasteiger partial charge on any atom is -0.444 e. The summed E-state index contributed by atoms with van der Waals surface area (Å²) in [5.41, 5.74) is 0.358. The van der Waals surface area contributed by atoms with E-state index in [-0.39, 0.29) is 18.1 Å². The first-order valence-electron chi connectivity index (χ1n) is 10.6. The second-order valence-corrected chi connectivity index (χ2v) is 9.13. The fourth-order valence-electron chi connectivity index (χ4n) is 4.16. The standard InChI is InChI=1S/C21H34N4O4/c1-14(15-9-7-6-8-10-15)22-19-23-17-11-12-24(20(27)29-21(2,3)4)13-16(17)18(26)25(19)28-5/h14-15H,6-13H2,1-5H3,(H,22,23)/t14-/m0/s1. The van der Waals surface area contributed by atoms with Crippen LogP contribution >= 0.6 is 0 Å². The number of nitrogens with zero attached hydrogens (tertiary/aromatic N) is 3. The molecule has 1 aliphatic carbocycles. The van der Waals surface area contributed by atoms with Gasteiger partial charge in [0, 0.05) is 19.0 Å². The highest BCUT2D eigenvalue weighted by molar-refractivity contribution is 5.68. The van der Waals surface area contributed by atoms with E-state index in [2.05, 4.69) is 12.2 Å². The number of fused-ring (bicyclic) bond motifs is 1. The van der Waals surface area contributed by atoms with Gasteiger partial charge in [0.25, 0.3) is 5.56 Å². The summed E-state index contributed by atoms with van der Waals surface area (Å²) in [6.07, 6.45) is 6.30. The van der Waals surface area contributed by atoms with Crippen LogP contribution in [0.15, 0.2) is 4.79 Å². The Hall–Kier alpha value is -2.25. The Bertz CT molecular complexity index is 793. The number of aromatic nitrogens is 2. The first-order chi connectivity index (χ1) is 13.7. The highest BCUT2D eigenvalue weighted by atomic mass is 16.7. The summed E-state index contributed by atoms with van der Waals surface area (Å²) in [5, 5.41) is 3.41. The molecule has 0 unspecified atom stereocenters. The molecule has 162 valence electrons. The number of ether oxygens (including phenoxy) is 1. The van der Waals surface area contributed by atoms with Crippen LogP contribution in [-0.2, 0) is 17.7 Å². The summed E-state index contributed by atoms with van der Waals surface area (Å²) in [5.74, 6) is 1.02. The quantitative estimate of drug-likeness (QED) is 0.827. The van der Waals surface area contributed by atoms with Crippen molar-refractivity contribution in [3.63, 3.8) is 0 Å². The van der Waals surface area contributed by atoms with E-state index in [0.717, 1.165) is 5.69 Å². The zero-order valence-corrected chi connectivity index (χ0v) is 18.3. The predicted molar refractivity (Wildman–Crippen MR) is 111 cm³/mol. The van der Waals surface area contributed by atoms with Gasteiger partial charge in [0.15, 0.2) is 0 Å². The number of anilines is 1. The van der Waals surface area contributed by atoms with Crippen LogP contribution in [0.4, 0.5) is 10.7 Å². The molecule has 2 aliphatic rings. The molecule has 29 heavy (non-hydrogen) atoms. The Kier molecular flexibility index (Phi) is 6.39. The maximum absolute atomic E-state index is 13.1. The molecule has 3 rings (SSSR count). The Balaban J connectivity index is 1.80. The lowest BCUT2D eigenvalue weighted by atomic mass is 9.85. The van der Waals surface area contributed by atoms with Crippen molar-refractivity contribution in [3.05, 3.63) is 21.6 Å². The van der Waals surface area contributed by atoms with Gasteiger partial charge in [-0.2, -0.15) is 0 Å². The first kappa shape index (κ1) is 21.5. The molecule has 8 heteroatoms. The largest absolute Gasteiger partial charge is 0.444 e. The molecule has 1 aromatic heterocycles. The van der Waals surface area contributed by atoms with Crippen molar-refractivity contribution in [2.24, 2.45) is 5.92 Å². The van der Waals surface area contributed by atoms with Gasteiger partial charge in [-0.15, -0.1) is 4.73 Å². The van der Waals surface area contributed by atoms with E-state index in [9.17, 15) is 9.59 Å². The Morgan fingerprint density at radius 2 is 1.93 bits per heavy atom. The smallest absolute Gasteiger partial charge is 0.410 e. The van der Waals surface area contributed by atoms with Gasteiger partial charge in [-0.3, -0.25) is 4.79 Å². The van der Waals surface area contributed by atoms with Crippen molar-refractivity contribution in [1.29, 1.82) is 0 Å². The molecule has 1 atom stereocenters. The van der Waals surface area contributed by atoms with Crippen LogP contribution in [0.1, 0.15) is 71.1 Å². The van der Waals surface area contributed by atoms with Crippen molar-refractivity contribution in [3.8, 4) is 0 Å². The van der Waals surface area contributed by atoms with Crippen LogP contribution in [0, 0.1) is 5.92 Å². The minimum absolute atomic E-state index is 0.178. The topological polar surface area (TPSA) is 85.7 Å². The Morgan fingerprint density at radius 1 is 1.24 bits per heavy atom. The highest BCUT2D eigenvalue weighted by Crippen LogP contribution is 2.28. The van der Waals surface area contributed by atoms with Gasteiger partial charge in [0.1, 0.15) is 12.7 Å². The van der Waals surface area contributed by atoms with Crippen LogP contribution < -0.4 is 15.7 Å². The molecule has 1 saturated carbocycles. The molecular formula is C21H34N4O4. The molecule has 1 aromatic rings. The fourth-order valence-corrected chi connectivity index (χ4v) is 4.16. The highest BCUT2D eigenvalue weighted by Gasteiger charge is 2.30. The average Bonchev–Trinajstić information content (AvgIpc) is 2.67. The molecule has 0 bridgehead atoms. The molecule has 1 aliphatic heterocycles. The predicted octanol–water partition coefficient (Wildman–Crippen LogP) is 2.98. The zero-order chi connectivity index (χ0) is 21.2. The van der Waals surface area contributed by atoms with Gasteiger partial charge < -0.3 is 19.8 Å². The molecular weight excluding hydrogens is 372 g/mol. The number of rotatable bonds is 4. The van der Waals surface area contributed by atoms with E-state index in [4.69, 9.17) is 14.6 Å². The summed E-state index contributed by atoms with van der Waals surface area (Å²) in [6, 6.07) is 0.212. The van der Waals surface area contributed by atoms with E-state index in [1.54, 1.807) is 4.90 Å². The maximum atomic E-state index is 13.1. The van der Waals surface area contributed by atoms with E-state index in [1.807, 2.05) is 20.8 Å². The van der Waals surface area contributed by atoms with Crippen molar-refractivity contribution in [2.75, 3.05) is 19.0 Å². The minimum atomic E-state index is -0.578. The lowest BCUT2D eigenvalue weighted by Crippen LogP contribution is -2.44. The number of hydrogen-bond acceptors (Lipinski definition) is 6. The summed E-state index contributed by atoms with van der Waals surface area (Å²) in [6.45, 7) is 8.28. The lowest BCUT2D eigenvalue weighted by Gasteiger charge is -2.32. The van der Waals surface area contributed by atoms with Crippen molar-refractivity contribution in [1.82, 2.24) is 14.6 Å². The van der Waals surface area contributed by atoms with Crippen molar-refractivity contribution >= 4 is 12.0 Å². The molecule has 1 amide bonds. The molecule has 2 heterocycles. The third-order valence-electron chi connectivity index (χ3n) is 5.74. The van der Waals surface area contributed by atoms with Crippen LogP contribution in [-0.4, -0.2) is 46.0 Å². The number of amides is 1. The number of carbonyl (C=O) groups excluding carboxylic acids is 1. The SMILES string of the molecule is COn1c(N[C@@H](C)C2CCCCC2)nc2c(c1=O)CN(C(=O)OC(C)(C)C)CC2. The molecule has 1 fully saturated rings. The lowest BCUT2D eigenvalue weighted by molar-refractivity contribution is 0.0219. The molecule has 0 radical (unpaired) electrons. The van der Waals surface area contributed by atoms with E-state index < -0.39 is 11.7 Å². The van der Waals surface area contributed by atoms with Crippen molar-refractivity contribution < 1.29 is 14.4 Å². The summed E-state index contributed by atoms with van der Waals surface area (Å²) >= 11 is 0. The molecule has 8 nitrogen and oxygen atoms in total. The number of hydrogen-bond donors (Lipinski definition) is 1. The van der Waals surface area contributed by atoms with Crippen LogP contribution in [0.3, 0.4) is 0 Å². The Labute approximate surface area is 172 Å². The van der Waals surface area contributed by atoms with E-state index in [1.165, 1.54) is 43.9 Å². The van der Waals surface area contributed by atoms with E-state index >= 15 is 0 Å². The van der Waals surface area contributed by atoms with Crippen molar-refractivity contribution in [2.45, 2.75) is 84.4 Å². The third-order valence-corrected chi connectivity index (χ3v) is 5.74. The van der Waals surface area contributed by atoms with Gasteiger partial charge in [0.05, 0.1) is 17.8 Å². The second kappa shape index (κ2) is 8.63. The van der Waals surface area contributed by atoms with Crippen LogP contribution in [0.5, 0.6) is 0 Å². The van der Waals surface area contributed by atoms with Gasteiger partial charge >= 0.3 is 6.09 Å². The van der Waals surface area contributed by atoms with E-state index in [0.29, 0.717) is 30.4 Å². The second-order valence-electron chi connectivity index (χ2n) is 9.13. The molecule has 0 spiro atoms. The molecule has 0 aromatic carbocycles. The van der Waals surface area contributed by atoms with Crippen LogP contribution in [0.2, 0.25) is 0 Å². The van der Waals surface area contributed by atoms with Gasteiger partial charge in [-0.1, -0.05) is 19.3 Å². The first-order valence-corrected chi connectivity index (χ1v) is 10.6. The zero-order valence-electron chi connectivity index (χ0n) is 18.3. The molecule has 1 N–H and O–H groups in total. The monoisotopic (exact) mass is 406 g/mol. The van der Waals surface area contributed by atoms with Gasteiger partial charge in [-0.05, 0) is 46.5 Å². The van der Waals surface area contributed by atoms with Gasteiger partial charge in [-0.25, -0.2) is 9.78 Å². The van der Waals surface area contributed by atoms with Crippen LogP contribution in [0.25, 0.3) is 0 Å². The summed E-state index contributed by atoms with van der Waals surface area (Å²) < 4.78 is 6.65. The number of carbonyl (C=O) groups is 1.